The van der Waals surface area contributed by atoms with Gasteiger partial charge in [0.05, 0.1) is 15.5 Å². The maximum Gasteiger partial charge on any atom is 0.136 e. The summed E-state index contributed by atoms with van der Waals surface area (Å²) < 4.78 is 32.5. The first kappa shape index (κ1) is 24.2. The van der Waals surface area contributed by atoms with E-state index in [2.05, 4.69) is 24.3 Å². The van der Waals surface area contributed by atoms with Crippen molar-refractivity contribution in [1.29, 1.82) is 0 Å². The predicted molar refractivity (Wildman–Crippen MR) is 176 cm³/mol. The molecule has 0 aliphatic carbocycles. The van der Waals surface area contributed by atoms with E-state index in [0.717, 1.165) is 71.8 Å². The molecule has 0 bridgehead atoms. The summed E-state index contributed by atoms with van der Waals surface area (Å²) in [7, 11) is -2.99. The van der Waals surface area contributed by atoms with Crippen LogP contribution in [0.3, 0.4) is 0 Å². The molecule has 5 heteroatoms. The van der Waals surface area contributed by atoms with Gasteiger partial charge in [-0.3, -0.25) is 0 Å². The smallest absolute Gasteiger partial charge is 0.136 e. The van der Waals surface area contributed by atoms with E-state index in [4.69, 9.17) is 13.2 Å². The van der Waals surface area contributed by atoms with E-state index in [9.17, 15) is 0 Å². The fourth-order valence-corrected chi connectivity index (χ4v) is 8.51. The standard InChI is InChI=1S/C38H23NO3S/c40-43(26-11-2-1-3-12-26)36(23-25-10-4-6-16-31(25)39-43)29-15-9-19-35-38(29)30-22-24(20-21-33(30)42-35)27-14-8-18-34-37(27)28-13-5-7-17-32(28)41-34/h1-23H. The van der Waals surface area contributed by atoms with E-state index in [1.54, 1.807) is 0 Å². The summed E-state index contributed by atoms with van der Waals surface area (Å²) in [5, 5.41) is 4.06. The van der Waals surface area contributed by atoms with E-state index >= 15 is 4.21 Å². The molecule has 0 saturated heterocycles. The number of rotatable bonds is 3. The molecule has 6 aromatic carbocycles. The molecule has 0 N–H and O–H groups in total. The van der Waals surface area contributed by atoms with Crippen LogP contribution in [-0.2, 0) is 9.73 Å². The Balaban J connectivity index is 1.33. The summed E-state index contributed by atoms with van der Waals surface area (Å²) in [6.45, 7) is 0. The Hall–Kier alpha value is -5.39. The van der Waals surface area contributed by atoms with Crippen molar-refractivity contribution < 1.29 is 13.0 Å². The van der Waals surface area contributed by atoms with Crippen molar-refractivity contribution in [3.63, 3.8) is 0 Å². The normalized spacial score (nSPS) is 16.4. The van der Waals surface area contributed by atoms with Gasteiger partial charge in [-0.1, -0.05) is 84.9 Å². The number of hydrogen-bond donors (Lipinski definition) is 0. The summed E-state index contributed by atoms with van der Waals surface area (Å²) in [6, 6.07) is 44.0. The summed E-state index contributed by atoms with van der Waals surface area (Å²) in [4.78, 5) is 1.36. The van der Waals surface area contributed by atoms with Crippen LogP contribution < -0.4 is 0 Å². The van der Waals surface area contributed by atoms with Crippen LogP contribution >= 0.6 is 0 Å². The van der Waals surface area contributed by atoms with Crippen molar-refractivity contribution in [1.82, 2.24) is 0 Å². The zero-order valence-electron chi connectivity index (χ0n) is 22.9. The zero-order chi connectivity index (χ0) is 28.5. The Morgan fingerprint density at radius 2 is 1.19 bits per heavy atom. The molecule has 4 nitrogen and oxygen atoms in total. The van der Waals surface area contributed by atoms with Gasteiger partial charge in [-0.25, -0.2) is 4.21 Å². The van der Waals surface area contributed by atoms with E-state index < -0.39 is 9.73 Å². The van der Waals surface area contributed by atoms with E-state index in [0.29, 0.717) is 9.80 Å². The largest absolute Gasteiger partial charge is 0.456 e. The number of hydrogen-bond acceptors (Lipinski definition) is 4. The molecule has 1 unspecified atom stereocenters. The highest BCUT2D eigenvalue weighted by Crippen LogP contribution is 2.45. The fourth-order valence-electron chi connectivity index (χ4n) is 6.33. The highest BCUT2D eigenvalue weighted by molar-refractivity contribution is 8.03. The Labute approximate surface area is 247 Å². The first-order valence-corrected chi connectivity index (χ1v) is 15.7. The van der Waals surface area contributed by atoms with Crippen LogP contribution in [0.4, 0.5) is 5.69 Å². The molecule has 2 aromatic heterocycles. The first-order chi connectivity index (χ1) is 21.2. The van der Waals surface area contributed by atoms with Crippen LogP contribution in [0.2, 0.25) is 0 Å². The number of nitrogens with zero attached hydrogens (tertiary/aromatic N) is 1. The topological polar surface area (TPSA) is 55.7 Å². The minimum atomic E-state index is -2.99. The first-order valence-electron chi connectivity index (χ1n) is 14.2. The number of furan rings is 2. The number of fused-ring (bicyclic) bond motifs is 7. The van der Waals surface area contributed by atoms with E-state index in [-0.39, 0.29) is 0 Å². The lowest BCUT2D eigenvalue weighted by atomic mass is 9.97. The van der Waals surface area contributed by atoms with Crippen molar-refractivity contribution in [2.24, 2.45) is 4.36 Å². The van der Waals surface area contributed by atoms with E-state index in [1.807, 2.05) is 115 Å². The quantitative estimate of drug-likeness (QED) is 0.211. The maximum absolute atomic E-state index is 15.1. The third-order valence-corrected chi connectivity index (χ3v) is 10.6. The molecule has 8 aromatic rings. The lowest BCUT2D eigenvalue weighted by Crippen LogP contribution is -2.07. The summed E-state index contributed by atoms with van der Waals surface area (Å²) >= 11 is 0. The second-order valence-electron chi connectivity index (χ2n) is 10.8. The molecule has 0 saturated carbocycles. The molecule has 3 heterocycles. The summed E-state index contributed by atoms with van der Waals surface area (Å²) in [5.74, 6) is 0. The zero-order valence-corrected chi connectivity index (χ0v) is 23.7. The minimum Gasteiger partial charge on any atom is -0.456 e. The minimum absolute atomic E-state index is 0.680. The van der Waals surface area contributed by atoms with Gasteiger partial charge in [0.2, 0.25) is 0 Å². The van der Waals surface area contributed by atoms with Crippen molar-refractivity contribution in [3.05, 3.63) is 145 Å². The Morgan fingerprint density at radius 1 is 0.535 bits per heavy atom. The second kappa shape index (κ2) is 9.05. The van der Waals surface area contributed by atoms with Crippen LogP contribution in [0.15, 0.2) is 152 Å². The van der Waals surface area contributed by atoms with E-state index in [1.165, 1.54) is 0 Å². The van der Waals surface area contributed by atoms with Gasteiger partial charge in [0.15, 0.2) is 0 Å². The van der Waals surface area contributed by atoms with Gasteiger partial charge in [-0.05, 0) is 65.7 Å². The average Bonchev–Trinajstić information content (AvgIpc) is 3.63. The molecular formula is C38H23NO3S. The van der Waals surface area contributed by atoms with Gasteiger partial charge in [-0.2, -0.15) is 4.36 Å². The highest BCUT2D eigenvalue weighted by atomic mass is 32.2. The maximum atomic E-state index is 15.1. The molecule has 0 radical (unpaired) electrons. The molecule has 43 heavy (non-hydrogen) atoms. The molecule has 1 aliphatic heterocycles. The summed E-state index contributed by atoms with van der Waals surface area (Å²) in [5.41, 5.74) is 7.90. The molecule has 1 atom stereocenters. The fraction of sp³-hybridized carbons (Fsp3) is 0. The Morgan fingerprint density at radius 3 is 2.02 bits per heavy atom. The molecule has 0 amide bonds. The van der Waals surface area contributed by atoms with Crippen molar-refractivity contribution in [3.8, 4) is 11.1 Å². The second-order valence-corrected chi connectivity index (χ2v) is 12.9. The van der Waals surface area contributed by atoms with Gasteiger partial charge < -0.3 is 8.83 Å². The van der Waals surface area contributed by atoms with Crippen molar-refractivity contribution in [2.45, 2.75) is 4.90 Å². The molecule has 1 aliphatic rings. The van der Waals surface area contributed by atoms with Gasteiger partial charge in [0.1, 0.15) is 32.1 Å². The van der Waals surface area contributed by atoms with Gasteiger partial charge in [0, 0.05) is 32.7 Å². The summed E-state index contributed by atoms with van der Waals surface area (Å²) in [6.07, 6.45) is 2.04. The van der Waals surface area contributed by atoms with Crippen LogP contribution in [0.5, 0.6) is 0 Å². The third-order valence-electron chi connectivity index (χ3n) is 8.29. The van der Waals surface area contributed by atoms with Gasteiger partial charge in [0.25, 0.3) is 0 Å². The molecule has 0 fully saturated rings. The Bertz CT molecular complexity index is 2560. The van der Waals surface area contributed by atoms with Crippen LogP contribution in [0.25, 0.3) is 66.0 Å². The monoisotopic (exact) mass is 573 g/mol. The van der Waals surface area contributed by atoms with Crippen molar-refractivity contribution in [2.75, 3.05) is 0 Å². The average molecular weight is 574 g/mol. The SMILES string of the molecule is O=S1(c2ccccc2)=Nc2ccccc2C=C1c1cccc2oc3ccc(-c4cccc5oc6ccccc6c45)cc3c12. The number of benzene rings is 6. The third kappa shape index (κ3) is 3.58. The number of para-hydroxylation sites is 1. The van der Waals surface area contributed by atoms with Gasteiger partial charge >= 0.3 is 0 Å². The van der Waals surface area contributed by atoms with Crippen LogP contribution in [0, 0.1) is 0 Å². The molecule has 0 spiro atoms. The van der Waals surface area contributed by atoms with Crippen LogP contribution in [-0.4, -0.2) is 4.21 Å². The predicted octanol–water partition coefficient (Wildman–Crippen LogP) is 10.8. The lowest BCUT2D eigenvalue weighted by Gasteiger charge is -2.20. The highest BCUT2D eigenvalue weighted by Gasteiger charge is 2.28. The Kier molecular flexibility index (Phi) is 5.10. The molecule has 9 rings (SSSR count). The van der Waals surface area contributed by atoms with Gasteiger partial charge in [-0.15, -0.1) is 0 Å². The molecular weight excluding hydrogens is 550 g/mol. The lowest BCUT2D eigenvalue weighted by molar-refractivity contribution is 0.669. The van der Waals surface area contributed by atoms with Crippen LogP contribution in [0.1, 0.15) is 11.1 Å². The molecule has 204 valence electrons. The van der Waals surface area contributed by atoms with Crippen molar-refractivity contribution >= 4 is 70.3 Å².